The molecule has 1 heterocycles. The average Bonchev–Trinajstić information content (AvgIpc) is 2.70. The summed E-state index contributed by atoms with van der Waals surface area (Å²) in [5.41, 5.74) is 1.06. The van der Waals surface area contributed by atoms with Crippen LogP contribution >= 0.6 is 23.2 Å². The van der Waals surface area contributed by atoms with Crippen LogP contribution < -0.4 is 5.32 Å². The first-order valence-electron chi connectivity index (χ1n) is 9.05. The zero-order chi connectivity index (χ0) is 21.2. The fraction of sp³-hybridized carbons (Fsp3) is 0.300. The van der Waals surface area contributed by atoms with Gasteiger partial charge < -0.3 is 5.32 Å². The molecule has 154 valence electrons. The Morgan fingerprint density at radius 2 is 1.76 bits per heavy atom. The molecule has 0 spiro atoms. The number of carbonyl (C=O) groups is 2. The van der Waals surface area contributed by atoms with Crippen molar-refractivity contribution in [3.05, 3.63) is 58.1 Å². The summed E-state index contributed by atoms with van der Waals surface area (Å²) in [5, 5.41) is 3.21. The first kappa shape index (κ1) is 21.8. The minimum Gasteiger partial charge on any atom is -0.326 e. The molecule has 1 amide bonds. The molecule has 1 aliphatic heterocycles. The molecule has 1 fully saturated rings. The van der Waals surface area contributed by atoms with Gasteiger partial charge in [0.2, 0.25) is 15.9 Å². The Kier molecular flexibility index (Phi) is 6.63. The number of nitrogens with one attached hydrogen (secondary N) is 1. The molecule has 0 bridgehead atoms. The molecular formula is C20H20Cl2N2O4S. The van der Waals surface area contributed by atoms with Gasteiger partial charge in [-0.1, -0.05) is 35.3 Å². The van der Waals surface area contributed by atoms with Crippen molar-refractivity contribution in [3.8, 4) is 0 Å². The van der Waals surface area contributed by atoms with E-state index >= 15 is 0 Å². The van der Waals surface area contributed by atoms with Gasteiger partial charge in [-0.25, -0.2) is 8.42 Å². The van der Waals surface area contributed by atoms with E-state index in [2.05, 4.69) is 5.32 Å². The number of piperidine rings is 1. The molecule has 1 aliphatic rings. The minimum absolute atomic E-state index is 0.0318. The van der Waals surface area contributed by atoms with Gasteiger partial charge in [-0.15, -0.1) is 0 Å². The van der Waals surface area contributed by atoms with Crippen LogP contribution in [0.2, 0.25) is 10.0 Å². The van der Waals surface area contributed by atoms with Gasteiger partial charge in [0, 0.05) is 35.3 Å². The topological polar surface area (TPSA) is 83.6 Å². The molecule has 2 aromatic rings. The fourth-order valence-electron chi connectivity index (χ4n) is 3.23. The lowest BCUT2D eigenvalue weighted by molar-refractivity contribution is -0.120. The standard InChI is InChI=1S/C20H20Cl2N2O4S/c1-13(25)15-3-2-4-17(11-15)23-20(26)14-7-9-24(10-8-14)29(27,28)19-12-16(21)5-6-18(19)22/h2-6,11-12,14H,7-10H2,1H3,(H,23,26). The van der Waals surface area contributed by atoms with Crippen LogP contribution in [0, 0.1) is 5.92 Å². The Balaban J connectivity index is 1.65. The van der Waals surface area contributed by atoms with Crippen LogP contribution in [0.1, 0.15) is 30.1 Å². The highest BCUT2D eigenvalue weighted by atomic mass is 35.5. The van der Waals surface area contributed by atoms with Gasteiger partial charge in [-0.05, 0) is 50.1 Å². The van der Waals surface area contributed by atoms with Crippen LogP contribution in [0.25, 0.3) is 0 Å². The van der Waals surface area contributed by atoms with Crippen LogP contribution in [-0.2, 0) is 14.8 Å². The number of sulfonamides is 1. The Bertz CT molecular complexity index is 1050. The zero-order valence-electron chi connectivity index (χ0n) is 15.7. The molecule has 0 radical (unpaired) electrons. The average molecular weight is 455 g/mol. The predicted molar refractivity (Wildman–Crippen MR) is 113 cm³/mol. The van der Waals surface area contributed by atoms with Crippen LogP contribution in [0.3, 0.4) is 0 Å². The normalized spacial score (nSPS) is 15.8. The van der Waals surface area contributed by atoms with Crippen molar-refractivity contribution in [2.45, 2.75) is 24.7 Å². The van der Waals surface area contributed by atoms with E-state index in [1.807, 2.05) is 0 Å². The lowest BCUT2D eigenvalue weighted by Crippen LogP contribution is -2.41. The Labute approximate surface area is 179 Å². The van der Waals surface area contributed by atoms with Gasteiger partial charge >= 0.3 is 0 Å². The lowest BCUT2D eigenvalue weighted by Gasteiger charge is -2.30. The minimum atomic E-state index is -3.79. The van der Waals surface area contributed by atoms with Gasteiger partial charge in [-0.3, -0.25) is 9.59 Å². The van der Waals surface area contributed by atoms with E-state index in [0.29, 0.717) is 24.1 Å². The van der Waals surface area contributed by atoms with E-state index in [9.17, 15) is 18.0 Å². The van der Waals surface area contributed by atoms with Gasteiger partial charge in [0.05, 0.1) is 5.02 Å². The largest absolute Gasteiger partial charge is 0.326 e. The first-order valence-corrected chi connectivity index (χ1v) is 11.2. The quantitative estimate of drug-likeness (QED) is 0.684. The molecule has 0 aromatic heterocycles. The highest BCUT2D eigenvalue weighted by Crippen LogP contribution is 2.30. The Morgan fingerprint density at radius 1 is 1.07 bits per heavy atom. The molecule has 1 saturated heterocycles. The molecule has 0 aliphatic carbocycles. The number of hydrogen-bond donors (Lipinski definition) is 1. The first-order chi connectivity index (χ1) is 13.7. The molecule has 0 atom stereocenters. The van der Waals surface area contributed by atoms with Gasteiger partial charge in [-0.2, -0.15) is 4.31 Å². The van der Waals surface area contributed by atoms with E-state index in [1.54, 1.807) is 24.3 Å². The molecule has 29 heavy (non-hydrogen) atoms. The predicted octanol–water partition coefficient (Wildman–Crippen LogP) is 4.24. The lowest BCUT2D eigenvalue weighted by atomic mass is 9.97. The van der Waals surface area contributed by atoms with Crippen LogP contribution in [0.5, 0.6) is 0 Å². The van der Waals surface area contributed by atoms with Crippen LogP contribution in [0.4, 0.5) is 5.69 Å². The van der Waals surface area contributed by atoms with E-state index in [-0.39, 0.29) is 45.6 Å². The number of rotatable bonds is 5. The Morgan fingerprint density at radius 3 is 2.41 bits per heavy atom. The number of nitrogens with zero attached hydrogens (tertiary/aromatic N) is 1. The number of carbonyl (C=O) groups excluding carboxylic acids is 2. The molecular weight excluding hydrogens is 435 g/mol. The number of anilines is 1. The second-order valence-electron chi connectivity index (χ2n) is 6.88. The van der Waals surface area contributed by atoms with Crippen molar-refractivity contribution in [1.29, 1.82) is 0 Å². The fourth-order valence-corrected chi connectivity index (χ4v) is 5.44. The van der Waals surface area contributed by atoms with Crippen molar-refractivity contribution >= 4 is 50.6 Å². The van der Waals surface area contributed by atoms with E-state index < -0.39 is 10.0 Å². The van der Waals surface area contributed by atoms with Crippen molar-refractivity contribution in [1.82, 2.24) is 4.31 Å². The maximum atomic E-state index is 12.9. The molecule has 2 aromatic carbocycles. The second-order valence-corrected chi connectivity index (χ2v) is 9.63. The summed E-state index contributed by atoms with van der Waals surface area (Å²) in [6.45, 7) is 1.87. The van der Waals surface area contributed by atoms with Crippen molar-refractivity contribution in [2.75, 3.05) is 18.4 Å². The maximum Gasteiger partial charge on any atom is 0.244 e. The summed E-state index contributed by atoms with van der Waals surface area (Å²) < 4.78 is 27.1. The van der Waals surface area contributed by atoms with Crippen LogP contribution in [0.15, 0.2) is 47.4 Å². The van der Waals surface area contributed by atoms with Crippen molar-refractivity contribution in [2.24, 2.45) is 5.92 Å². The molecule has 6 nitrogen and oxygen atoms in total. The number of benzene rings is 2. The number of Topliss-reactive ketones (excluding diaryl/α,β-unsaturated/α-hetero) is 1. The van der Waals surface area contributed by atoms with Crippen molar-refractivity contribution in [3.63, 3.8) is 0 Å². The molecule has 9 heteroatoms. The Hall–Kier alpha value is -1.93. The number of amides is 1. The zero-order valence-corrected chi connectivity index (χ0v) is 18.0. The van der Waals surface area contributed by atoms with E-state index in [1.165, 1.54) is 29.4 Å². The summed E-state index contributed by atoms with van der Waals surface area (Å²) in [4.78, 5) is 24.0. The molecule has 1 N–H and O–H groups in total. The third kappa shape index (κ3) is 4.98. The summed E-state index contributed by atoms with van der Waals surface area (Å²) in [5.74, 6) is -0.597. The number of ketones is 1. The highest BCUT2D eigenvalue weighted by Gasteiger charge is 2.33. The molecule has 3 rings (SSSR count). The number of halogens is 2. The highest BCUT2D eigenvalue weighted by molar-refractivity contribution is 7.89. The summed E-state index contributed by atoms with van der Waals surface area (Å²) in [6, 6.07) is 11.0. The SMILES string of the molecule is CC(=O)c1cccc(NC(=O)C2CCN(S(=O)(=O)c3cc(Cl)ccc3Cl)CC2)c1. The summed E-state index contributed by atoms with van der Waals surface area (Å²) in [6.07, 6.45) is 0.769. The maximum absolute atomic E-state index is 12.9. The smallest absolute Gasteiger partial charge is 0.244 e. The molecule has 0 unspecified atom stereocenters. The number of hydrogen-bond acceptors (Lipinski definition) is 4. The van der Waals surface area contributed by atoms with Gasteiger partial charge in [0.25, 0.3) is 0 Å². The third-order valence-electron chi connectivity index (χ3n) is 4.87. The van der Waals surface area contributed by atoms with E-state index in [0.717, 1.165) is 0 Å². The van der Waals surface area contributed by atoms with Gasteiger partial charge in [0.1, 0.15) is 4.90 Å². The molecule has 0 saturated carbocycles. The summed E-state index contributed by atoms with van der Waals surface area (Å²) in [7, 11) is -3.79. The second kappa shape index (κ2) is 8.83. The third-order valence-corrected chi connectivity index (χ3v) is 7.49. The van der Waals surface area contributed by atoms with Crippen LogP contribution in [-0.4, -0.2) is 37.5 Å². The van der Waals surface area contributed by atoms with Gasteiger partial charge in [0.15, 0.2) is 5.78 Å². The monoisotopic (exact) mass is 454 g/mol. The summed E-state index contributed by atoms with van der Waals surface area (Å²) >= 11 is 12.0. The van der Waals surface area contributed by atoms with Crippen molar-refractivity contribution < 1.29 is 18.0 Å². The van der Waals surface area contributed by atoms with E-state index in [4.69, 9.17) is 23.2 Å².